The van der Waals surface area contributed by atoms with Crippen LogP contribution in [0.2, 0.25) is 0 Å². The van der Waals surface area contributed by atoms with Gasteiger partial charge in [-0.15, -0.1) is 0 Å². The minimum absolute atomic E-state index is 0.0748. The molecule has 1 N–H and O–H groups in total. The fourth-order valence-electron chi connectivity index (χ4n) is 10.6. The predicted octanol–water partition coefficient (Wildman–Crippen LogP) is 4.36. The van der Waals surface area contributed by atoms with Gasteiger partial charge in [-0.1, -0.05) is 20.4 Å². The Hall–Kier alpha value is -1.67. The molecule has 0 radical (unpaired) electrons. The van der Waals surface area contributed by atoms with Crippen LogP contribution in [-0.4, -0.2) is 47.6 Å². The first-order valence-corrected chi connectivity index (χ1v) is 14.2. The van der Waals surface area contributed by atoms with Crippen LogP contribution in [0.3, 0.4) is 0 Å². The Labute approximate surface area is 218 Å². The second-order valence-electron chi connectivity index (χ2n) is 14.0. The van der Waals surface area contributed by atoms with E-state index >= 15 is 0 Å². The molecule has 5 aliphatic heterocycles. The molecule has 9 aliphatic rings. The largest absolute Gasteiger partial charge is 0.468 e. The summed E-state index contributed by atoms with van der Waals surface area (Å²) in [5.41, 5.74) is -0.348. The topological polar surface area (TPSA) is 83.5 Å². The number of ketones is 1. The smallest absolute Gasteiger partial charge is 0.254 e. The van der Waals surface area contributed by atoms with Crippen molar-refractivity contribution in [3.8, 4) is 0 Å². The molecule has 37 heavy (non-hydrogen) atoms. The summed E-state index contributed by atoms with van der Waals surface area (Å²) < 4.78 is 32.9. The SMILES string of the molecule is C=C1C(=O)[C@@]23[C@@H]4OC(C)(C)O[C@]25OC=C[C@]2(C6=C(C[C@H]7CCCO[C@H]7O6)CC(C)(C)[C@H]2[C@@H]5O)[C@@H]3CC[C@@H]14. The molecule has 0 aromatic heterocycles. The fraction of sp³-hybridized carbons (Fsp3) is 0.767. The van der Waals surface area contributed by atoms with Crippen molar-refractivity contribution in [2.24, 2.45) is 39.9 Å². The zero-order valence-corrected chi connectivity index (χ0v) is 22.2. The standard InChI is InChI=1S/C30H38O7/c1-15-18-8-9-19-28-10-12-34-30(29(19,21(15)31)24(18)36-27(4,5)37-30)22(32)20(28)26(2,3)14-17-13-16-7-6-11-33-25(16)35-23(17)28/h10,12,16,18-20,22,24-25,32H,1,6-9,11,13-14H2,2-5H3/t16-,18+,19+,20-,22+,24-,25+,28+,29+,30+/m1/s1. The van der Waals surface area contributed by atoms with Gasteiger partial charge in [0, 0.05) is 17.8 Å². The third kappa shape index (κ3) is 2.36. The summed E-state index contributed by atoms with van der Waals surface area (Å²) in [7, 11) is 0. The summed E-state index contributed by atoms with van der Waals surface area (Å²) in [6.07, 6.45) is 7.45. The maximum atomic E-state index is 14.5. The Morgan fingerprint density at radius 1 is 1.14 bits per heavy atom. The summed E-state index contributed by atoms with van der Waals surface area (Å²) in [6.45, 7) is 13.2. The molecule has 7 nitrogen and oxygen atoms in total. The number of rotatable bonds is 0. The van der Waals surface area contributed by atoms with Crippen molar-refractivity contribution >= 4 is 5.78 Å². The molecule has 10 atom stereocenters. The third-order valence-electron chi connectivity index (χ3n) is 11.4. The summed E-state index contributed by atoms with van der Waals surface area (Å²) >= 11 is 0. The van der Waals surface area contributed by atoms with Crippen LogP contribution < -0.4 is 0 Å². The molecule has 5 fully saturated rings. The number of carbonyl (C=O) groups is 1. The zero-order valence-electron chi connectivity index (χ0n) is 22.2. The van der Waals surface area contributed by atoms with E-state index in [1.54, 1.807) is 6.26 Å². The molecular formula is C30H38O7. The predicted molar refractivity (Wildman–Crippen MR) is 131 cm³/mol. The van der Waals surface area contributed by atoms with Crippen molar-refractivity contribution in [2.75, 3.05) is 6.61 Å². The Kier molecular flexibility index (Phi) is 4.22. The zero-order chi connectivity index (χ0) is 25.8. The van der Waals surface area contributed by atoms with Gasteiger partial charge in [-0.3, -0.25) is 4.79 Å². The lowest BCUT2D eigenvalue weighted by Gasteiger charge is -2.71. The van der Waals surface area contributed by atoms with Gasteiger partial charge in [-0.25, -0.2) is 0 Å². The number of carbonyl (C=O) groups excluding carboxylic acids is 1. The minimum Gasteiger partial charge on any atom is -0.468 e. The van der Waals surface area contributed by atoms with Gasteiger partial charge < -0.3 is 28.8 Å². The molecule has 9 rings (SSSR count). The highest BCUT2D eigenvalue weighted by Gasteiger charge is 2.88. The van der Waals surface area contributed by atoms with Crippen LogP contribution in [0.4, 0.5) is 0 Å². The summed E-state index contributed by atoms with van der Waals surface area (Å²) in [5.74, 6) is -2.04. The van der Waals surface area contributed by atoms with E-state index in [-0.39, 0.29) is 35.2 Å². The monoisotopic (exact) mass is 510 g/mol. The maximum Gasteiger partial charge on any atom is 0.254 e. The summed E-state index contributed by atoms with van der Waals surface area (Å²) in [5, 5.41) is 12.6. The number of allylic oxidation sites excluding steroid dienone is 2. The molecule has 3 saturated carbocycles. The van der Waals surface area contributed by atoms with E-state index in [0.29, 0.717) is 18.1 Å². The molecule has 0 unspecified atom stereocenters. The van der Waals surface area contributed by atoms with Crippen LogP contribution in [0.1, 0.15) is 66.2 Å². The molecule has 0 aromatic carbocycles. The van der Waals surface area contributed by atoms with Crippen molar-refractivity contribution in [3.63, 3.8) is 0 Å². The first kappa shape index (κ1) is 23.2. The average Bonchev–Trinajstić information content (AvgIpc) is 2.97. The second-order valence-corrected chi connectivity index (χ2v) is 14.0. The van der Waals surface area contributed by atoms with Crippen molar-refractivity contribution in [2.45, 2.75) is 96.3 Å². The lowest BCUT2D eigenvalue weighted by atomic mass is 9.37. The number of aliphatic hydroxyl groups excluding tert-OH is 1. The van der Waals surface area contributed by atoms with Crippen molar-refractivity contribution in [1.29, 1.82) is 0 Å². The maximum absolute atomic E-state index is 14.5. The van der Waals surface area contributed by atoms with E-state index in [4.69, 9.17) is 23.7 Å². The molecule has 0 amide bonds. The molecule has 2 saturated heterocycles. The molecule has 4 bridgehead atoms. The number of Topliss-reactive ketones (excluding diaryl/α,β-unsaturated/α-hetero) is 1. The van der Waals surface area contributed by atoms with Gasteiger partial charge in [0.1, 0.15) is 17.3 Å². The molecule has 5 heterocycles. The van der Waals surface area contributed by atoms with Crippen LogP contribution in [0.15, 0.2) is 35.8 Å². The lowest BCUT2D eigenvalue weighted by Crippen LogP contribution is -2.82. The molecule has 7 heteroatoms. The van der Waals surface area contributed by atoms with Crippen molar-refractivity contribution in [3.05, 3.63) is 35.8 Å². The van der Waals surface area contributed by atoms with Gasteiger partial charge in [-0.05, 0) is 80.9 Å². The van der Waals surface area contributed by atoms with Gasteiger partial charge in [0.15, 0.2) is 11.6 Å². The first-order valence-electron chi connectivity index (χ1n) is 14.2. The fourth-order valence-corrected chi connectivity index (χ4v) is 10.6. The molecular weight excluding hydrogens is 472 g/mol. The number of aliphatic hydroxyl groups is 1. The Morgan fingerprint density at radius 3 is 2.76 bits per heavy atom. The van der Waals surface area contributed by atoms with Crippen LogP contribution in [0.5, 0.6) is 0 Å². The summed E-state index contributed by atoms with van der Waals surface area (Å²) in [4.78, 5) is 14.5. The van der Waals surface area contributed by atoms with E-state index in [2.05, 4.69) is 26.5 Å². The molecule has 4 aliphatic carbocycles. The highest BCUT2D eigenvalue weighted by atomic mass is 16.8. The van der Waals surface area contributed by atoms with E-state index in [0.717, 1.165) is 44.3 Å². The van der Waals surface area contributed by atoms with Crippen LogP contribution in [-0.2, 0) is 28.5 Å². The quantitative estimate of drug-likeness (QED) is 0.485. The van der Waals surface area contributed by atoms with Crippen LogP contribution in [0, 0.1) is 39.9 Å². The van der Waals surface area contributed by atoms with Gasteiger partial charge in [0.05, 0.1) is 24.4 Å². The molecule has 200 valence electrons. The van der Waals surface area contributed by atoms with Gasteiger partial charge >= 0.3 is 0 Å². The van der Waals surface area contributed by atoms with E-state index in [9.17, 15) is 9.90 Å². The number of hydrogen-bond donors (Lipinski definition) is 1. The number of ether oxygens (including phenoxy) is 5. The van der Waals surface area contributed by atoms with E-state index in [1.165, 1.54) is 5.57 Å². The molecule has 0 aromatic rings. The Bertz CT molecular complexity index is 1180. The first-order chi connectivity index (χ1) is 17.5. The normalized spacial score (nSPS) is 53.8. The lowest BCUT2D eigenvalue weighted by molar-refractivity contribution is -0.483. The number of fused-ring (bicyclic) bond motifs is 2. The van der Waals surface area contributed by atoms with E-state index in [1.807, 2.05) is 13.8 Å². The highest BCUT2D eigenvalue weighted by Crippen LogP contribution is 2.79. The molecule has 3 spiro atoms. The Balaban J connectivity index is 1.43. The van der Waals surface area contributed by atoms with Gasteiger partial charge in [0.25, 0.3) is 5.79 Å². The average molecular weight is 511 g/mol. The summed E-state index contributed by atoms with van der Waals surface area (Å²) in [6, 6.07) is 0. The van der Waals surface area contributed by atoms with Crippen molar-refractivity contribution < 1.29 is 33.6 Å². The Morgan fingerprint density at radius 2 is 1.95 bits per heavy atom. The minimum atomic E-state index is -1.56. The van der Waals surface area contributed by atoms with Crippen LogP contribution in [0.25, 0.3) is 0 Å². The van der Waals surface area contributed by atoms with Gasteiger partial charge in [0.2, 0.25) is 6.29 Å². The van der Waals surface area contributed by atoms with Crippen LogP contribution >= 0.6 is 0 Å². The highest BCUT2D eigenvalue weighted by molar-refractivity contribution is 6.05. The third-order valence-corrected chi connectivity index (χ3v) is 11.4. The van der Waals surface area contributed by atoms with Gasteiger partial charge in [-0.2, -0.15) is 0 Å². The van der Waals surface area contributed by atoms with E-state index < -0.39 is 34.6 Å². The second kappa shape index (κ2) is 6.72. The van der Waals surface area contributed by atoms with Crippen molar-refractivity contribution in [1.82, 2.24) is 0 Å². The number of hydrogen-bond acceptors (Lipinski definition) is 7.